The van der Waals surface area contributed by atoms with Gasteiger partial charge in [0.25, 0.3) is 5.91 Å². The zero-order valence-corrected chi connectivity index (χ0v) is 16.4. The Hall–Kier alpha value is -2.92. The summed E-state index contributed by atoms with van der Waals surface area (Å²) in [5.41, 5.74) is 2.98. The van der Waals surface area contributed by atoms with Crippen LogP contribution < -0.4 is 0 Å². The second kappa shape index (κ2) is 7.98. The Morgan fingerprint density at radius 3 is 2.68 bits per heavy atom. The number of thiophene rings is 1. The van der Waals surface area contributed by atoms with Crippen molar-refractivity contribution in [2.45, 2.75) is 26.0 Å². The van der Waals surface area contributed by atoms with Crippen LogP contribution in [0, 0.1) is 0 Å². The predicted molar refractivity (Wildman–Crippen MR) is 109 cm³/mol. The fourth-order valence-corrected chi connectivity index (χ4v) is 4.20. The number of carbonyl (C=O) groups is 2. The van der Waals surface area contributed by atoms with Crippen molar-refractivity contribution in [3.8, 4) is 0 Å². The Balaban J connectivity index is 1.59. The van der Waals surface area contributed by atoms with Crippen molar-refractivity contribution >= 4 is 23.2 Å². The van der Waals surface area contributed by atoms with E-state index in [1.807, 2.05) is 65.7 Å². The monoisotopic (exact) mass is 391 g/mol. The second-order valence-corrected chi connectivity index (χ2v) is 7.81. The highest BCUT2D eigenvalue weighted by molar-refractivity contribution is 7.09. The molecule has 0 N–H and O–H groups in total. The molecule has 1 unspecified atom stereocenters. The molecule has 1 aliphatic heterocycles. The van der Waals surface area contributed by atoms with E-state index < -0.39 is 0 Å². The molecule has 3 aromatic rings. The number of hydrogen-bond acceptors (Lipinski definition) is 4. The van der Waals surface area contributed by atoms with Crippen LogP contribution >= 0.6 is 11.3 Å². The maximum Gasteiger partial charge on any atom is 0.339 e. The summed E-state index contributed by atoms with van der Waals surface area (Å²) in [7, 11) is 0. The second-order valence-electron chi connectivity index (χ2n) is 6.78. The van der Waals surface area contributed by atoms with Crippen molar-refractivity contribution in [1.29, 1.82) is 0 Å². The van der Waals surface area contributed by atoms with Crippen LogP contribution in [0.5, 0.6) is 0 Å². The van der Waals surface area contributed by atoms with Gasteiger partial charge in [-0.2, -0.15) is 0 Å². The molecule has 0 fully saturated rings. The van der Waals surface area contributed by atoms with Crippen LogP contribution in [0.3, 0.4) is 0 Å². The number of hydrogen-bond donors (Lipinski definition) is 0. The lowest BCUT2D eigenvalue weighted by atomic mass is 9.93. The molecule has 1 atom stereocenters. The minimum absolute atomic E-state index is 0.0195. The van der Waals surface area contributed by atoms with E-state index in [0.29, 0.717) is 30.6 Å². The molecular weight excluding hydrogens is 370 g/mol. The van der Waals surface area contributed by atoms with Gasteiger partial charge in [-0.15, -0.1) is 11.3 Å². The number of fused-ring (bicyclic) bond motifs is 1. The van der Waals surface area contributed by atoms with Gasteiger partial charge in [0.1, 0.15) is 6.10 Å². The Bertz CT molecular complexity index is 982. The zero-order valence-electron chi connectivity index (χ0n) is 15.6. The van der Waals surface area contributed by atoms with Gasteiger partial charge in [0, 0.05) is 23.4 Å². The predicted octanol–water partition coefficient (Wildman–Crippen LogP) is 4.86. The largest absolute Gasteiger partial charge is 0.454 e. The summed E-state index contributed by atoms with van der Waals surface area (Å²) in [5, 5.41) is 2.02. The number of nitrogens with zero attached hydrogens (tertiary/aromatic N) is 1. The zero-order chi connectivity index (χ0) is 19.5. The molecule has 0 saturated heterocycles. The van der Waals surface area contributed by atoms with Gasteiger partial charge in [-0.05, 0) is 47.7 Å². The van der Waals surface area contributed by atoms with Gasteiger partial charge in [0.2, 0.25) is 0 Å². The van der Waals surface area contributed by atoms with Crippen LogP contribution in [0.2, 0.25) is 0 Å². The summed E-state index contributed by atoms with van der Waals surface area (Å²) in [5.74, 6) is -0.353. The number of amides is 1. The molecule has 0 bridgehead atoms. The highest BCUT2D eigenvalue weighted by Crippen LogP contribution is 2.31. The third kappa shape index (κ3) is 3.71. The van der Waals surface area contributed by atoms with E-state index in [-0.39, 0.29) is 18.0 Å². The molecule has 28 heavy (non-hydrogen) atoms. The Morgan fingerprint density at radius 1 is 1.14 bits per heavy atom. The molecular formula is C23H21NO3S. The number of esters is 1. The quantitative estimate of drug-likeness (QED) is 0.583. The van der Waals surface area contributed by atoms with Gasteiger partial charge in [0.15, 0.2) is 0 Å². The normalized spacial score (nSPS) is 15.6. The summed E-state index contributed by atoms with van der Waals surface area (Å²) < 4.78 is 5.61. The first kappa shape index (κ1) is 18.4. The first-order valence-corrected chi connectivity index (χ1v) is 10.2. The first-order valence-electron chi connectivity index (χ1n) is 9.36. The van der Waals surface area contributed by atoms with E-state index in [4.69, 9.17) is 4.74 Å². The van der Waals surface area contributed by atoms with Crippen molar-refractivity contribution in [3.05, 3.63) is 93.2 Å². The van der Waals surface area contributed by atoms with Crippen molar-refractivity contribution in [3.63, 3.8) is 0 Å². The molecule has 1 amide bonds. The van der Waals surface area contributed by atoms with Crippen molar-refractivity contribution in [2.75, 3.05) is 6.54 Å². The fraction of sp³-hybridized carbons (Fsp3) is 0.217. The summed E-state index contributed by atoms with van der Waals surface area (Å²) in [6, 6.07) is 19.0. The highest BCUT2D eigenvalue weighted by Gasteiger charge is 2.28. The summed E-state index contributed by atoms with van der Waals surface area (Å²) >= 11 is 1.65. The van der Waals surface area contributed by atoms with E-state index >= 15 is 0 Å². The van der Waals surface area contributed by atoms with E-state index in [1.165, 1.54) is 0 Å². The van der Waals surface area contributed by atoms with Gasteiger partial charge >= 0.3 is 5.97 Å². The average Bonchev–Trinajstić information content (AvgIpc) is 3.25. The van der Waals surface area contributed by atoms with E-state index in [9.17, 15) is 9.59 Å². The Labute approximate surface area is 168 Å². The first-order chi connectivity index (χ1) is 13.7. The summed E-state index contributed by atoms with van der Waals surface area (Å²) in [6.45, 7) is 3.20. The number of carbonyl (C=O) groups excluding carboxylic acids is 2. The van der Waals surface area contributed by atoms with Crippen LogP contribution in [0.25, 0.3) is 0 Å². The van der Waals surface area contributed by atoms with Gasteiger partial charge < -0.3 is 9.64 Å². The molecule has 0 saturated carbocycles. The molecule has 4 nitrogen and oxygen atoms in total. The molecule has 5 heteroatoms. The SMILES string of the molecule is CCN(Cc1cccs1)C(=O)c1ccc2c(c1)CC(c1ccccc1)OC2=O. The molecule has 0 radical (unpaired) electrons. The maximum absolute atomic E-state index is 13.0. The fourth-order valence-electron chi connectivity index (χ4n) is 3.48. The highest BCUT2D eigenvalue weighted by atomic mass is 32.1. The third-order valence-electron chi connectivity index (χ3n) is 4.99. The van der Waals surface area contributed by atoms with Crippen molar-refractivity contribution in [1.82, 2.24) is 4.90 Å². The molecule has 0 aliphatic carbocycles. The third-order valence-corrected chi connectivity index (χ3v) is 5.85. The minimum atomic E-state index is -0.333. The van der Waals surface area contributed by atoms with Crippen molar-refractivity contribution in [2.24, 2.45) is 0 Å². The van der Waals surface area contributed by atoms with Crippen LogP contribution in [0.15, 0.2) is 66.0 Å². The lowest BCUT2D eigenvalue weighted by molar-refractivity contribution is 0.0252. The van der Waals surface area contributed by atoms with Crippen molar-refractivity contribution < 1.29 is 14.3 Å². The lowest BCUT2D eigenvalue weighted by Gasteiger charge is -2.26. The molecule has 2 aromatic carbocycles. The van der Waals surface area contributed by atoms with Crippen LogP contribution in [-0.4, -0.2) is 23.3 Å². The summed E-state index contributed by atoms with van der Waals surface area (Å²) in [6.07, 6.45) is 0.253. The molecule has 142 valence electrons. The lowest BCUT2D eigenvalue weighted by Crippen LogP contribution is -2.30. The van der Waals surface area contributed by atoms with E-state index in [2.05, 4.69) is 0 Å². The molecule has 0 spiro atoms. The van der Waals surface area contributed by atoms with Gasteiger partial charge in [-0.1, -0.05) is 36.4 Å². The standard InChI is InChI=1S/C23H21NO3S/c1-2-24(15-19-9-6-12-28-19)22(25)17-10-11-20-18(13-17)14-21(27-23(20)26)16-7-4-3-5-8-16/h3-13,21H,2,14-15H2,1H3. The summed E-state index contributed by atoms with van der Waals surface area (Å²) in [4.78, 5) is 28.4. The van der Waals surface area contributed by atoms with Gasteiger partial charge in [0.05, 0.1) is 12.1 Å². The van der Waals surface area contributed by atoms with E-state index in [1.54, 1.807) is 23.5 Å². The molecule has 2 heterocycles. The van der Waals surface area contributed by atoms with E-state index in [0.717, 1.165) is 16.0 Å². The van der Waals surface area contributed by atoms with Crippen LogP contribution in [0.4, 0.5) is 0 Å². The average molecular weight is 391 g/mol. The Morgan fingerprint density at radius 2 is 1.96 bits per heavy atom. The van der Waals surface area contributed by atoms with Crippen LogP contribution in [0.1, 0.15) is 49.7 Å². The number of ether oxygens (including phenoxy) is 1. The van der Waals surface area contributed by atoms with Gasteiger partial charge in [-0.3, -0.25) is 4.79 Å². The van der Waals surface area contributed by atoms with Gasteiger partial charge in [-0.25, -0.2) is 4.79 Å². The number of benzene rings is 2. The molecule has 1 aliphatic rings. The van der Waals surface area contributed by atoms with Crippen LogP contribution in [-0.2, 0) is 17.7 Å². The maximum atomic E-state index is 13.0. The Kier molecular flexibility index (Phi) is 5.26. The smallest absolute Gasteiger partial charge is 0.339 e. The number of cyclic esters (lactones) is 1. The molecule has 1 aromatic heterocycles. The molecule has 4 rings (SSSR count). The minimum Gasteiger partial charge on any atom is -0.454 e. The number of rotatable bonds is 5. The topological polar surface area (TPSA) is 46.6 Å².